The van der Waals surface area contributed by atoms with Crippen LogP contribution in [0, 0.1) is 0 Å². The molecule has 0 amide bonds. The van der Waals surface area contributed by atoms with Gasteiger partial charge in [0.1, 0.15) is 31.9 Å². The van der Waals surface area contributed by atoms with Crippen molar-refractivity contribution in [1.82, 2.24) is 20.2 Å². The molecule has 0 unspecified atom stereocenters. The molecule has 27 heavy (non-hydrogen) atoms. The predicted octanol–water partition coefficient (Wildman–Crippen LogP) is -0.504. The number of nitrogens with one attached hydrogen (secondary N) is 2. The third-order valence-corrected chi connectivity index (χ3v) is 5.28. The lowest BCUT2D eigenvalue weighted by Crippen LogP contribution is -3.28. The summed E-state index contributed by atoms with van der Waals surface area (Å²) in [6, 6.07) is 8.27. The van der Waals surface area contributed by atoms with Gasteiger partial charge in [-0.1, -0.05) is 18.7 Å². The van der Waals surface area contributed by atoms with Crippen molar-refractivity contribution in [2.75, 3.05) is 39.8 Å². The molecule has 1 saturated heterocycles. The number of methoxy groups -OCH3 is 1. The van der Waals surface area contributed by atoms with E-state index in [1.165, 1.54) is 4.90 Å². The van der Waals surface area contributed by atoms with Crippen LogP contribution in [0.15, 0.2) is 36.9 Å². The van der Waals surface area contributed by atoms with Crippen LogP contribution in [0.5, 0.6) is 5.75 Å². The highest BCUT2D eigenvalue weighted by molar-refractivity contribution is 5.37. The van der Waals surface area contributed by atoms with Crippen molar-refractivity contribution < 1.29 is 14.5 Å². The van der Waals surface area contributed by atoms with Gasteiger partial charge in [0.25, 0.3) is 0 Å². The van der Waals surface area contributed by atoms with Crippen LogP contribution in [-0.2, 0) is 5.54 Å². The van der Waals surface area contributed by atoms with E-state index in [9.17, 15) is 0 Å². The lowest BCUT2D eigenvalue weighted by atomic mass is 10.0. The molecule has 0 bridgehead atoms. The van der Waals surface area contributed by atoms with Crippen LogP contribution in [0.3, 0.4) is 0 Å². The molecule has 1 aliphatic rings. The first-order chi connectivity index (χ1) is 13.0. The molecule has 1 atom stereocenters. The molecule has 2 aromatic rings. The van der Waals surface area contributed by atoms with Gasteiger partial charge >= 0.3 is 0 Å². The molecule has 2 N–H and O–H groups in total. The largest absolute Gasteiger partial charge is 0.496 e. The summed E-state index contributed by atoms with van der Waals surface area (Å²) in [5.41, 5.74) is 0.955. The van der Waals surface area contributed by atoms with Crippen molar-refractivity contribution in [2.45, 2.75) is 32.4 Å². The Morgan fingerprint density at radius 3 is 2.56 bits per heavy atom. The highest BCUT2D eigenvalue weighted by Gasteiger charge is 2.38. The second-order valence-electron chi connectivity index (χ2n) is 8.20. The van der Waals surface area contributed by atoms with Crippen LogP contribution in [0.2, 0.25) is 0 Å². The van der Waals surface area contributed by atoms with Gasteiger partial charge in [0, 0.05) is 0 Å². The van der Waals surface area contributed by atoms with Gasteiger partial charge in [-0.05, 0) is 49.4 Å². The first-order valence-corrected chi connectivity index (χ1v) is 9.66. The Balaban J connectivity index is 2.01. The zero-order chi connectivity index (χ0) is 19.4. The SMILES string of the molecule is C=CC[NH+]1CC[NH+]([C@@H](c2ccccc2OC)c2nnnn2C(C)(C)C)CC1. The molecule has 1 fully saturated rings. The Hall–Kier alpha value is -2.25. The van der Waals surface area contributed by atoms with Crippen molar-refractivity contribution in [1.29, 1.82) is 0 Å². The molecule has 0 spiro atoms. The molecule has 0 saturated carbocycles. The van der Waals surface area contributed by atoms with Gasteiger partial charge in [0.2, 0.25) is 5.82 Å². The average Bonchev–Trinajstić information content (AvgIpc) is 3.14. The van der Waals surface area contributed by atoms with Gasteiger partial charge in [-0.2, -0.15) is 0 Å². The highest BCUT2D eigenvalue weighted by atomic mass is 16.5. The van der Waals surface area contributed by atoms with Gasteiger partial charge < -0.3 is 14.5 Å². The van der Waals surface area contributed by atoms with E-state index >= 15 is 0 Å². The van der Waals surface area contributed by atoms with Gasteiger partial charge in [-0.15, -0.1) is 5.10 Å². The zero-order valence-electron chi connectivity index (χ0n) is 16.9. The summed E-state index contributed by atoms with van der Waals surface area (Å²) < 4.78 is 7.65. The van der Waals surface area contributed by atoms with Crippen molar-refractivity contribution >= 4 is 0 Å². The standard InChI is InChI=1S/C20H30N6O/c1-6-11-24-12-14-25(15-13-24)18(16-9-7-8-10-17(16)27-5)19-21-22-23-26(19)20(2,3)4/h6-10,18H,1,11-15H2,2-5H3/p+2/t18-/m0/s1. The fraction of sp³-hybridized carbons (Fsp3) is 0.550. The van der Waals surface area contributed by atoms with Crippen LogP contribution in [-0.4, -0.2) is 60.0 Å². The van der Waals surface area contributed by atoms with E-state index in [1.54, 1.807) is 12.0 Å². The number of ether oxygens (including phenoxy) is 1. The number of tetrazole rings is 1. The maximum Gasteiger partial charge on any atom is 0.214 e. The van der Waals surface area contributed by atoms with Gasteiger partial charge in [0.15, 0.2) is 6.04 Å². The fourth-order valence-electron chi connectivity index (χ4n) is 3.92. The molecule has 7 nitrogen and oxygen atoms in total. The summed E-state index contributed by atoms with van der Waals surface area (Å²) >= 11 is 0. The molecule has 0 radical (unpaired) electrons. The smallest absolute Gasteiger partial charge is 0.214 e. The molecular formula is C20H32N6O+2. The Morgan fingerprint density at radius 2 is 1.93 bits per heavy atom. The normalized spacial score (nSPS) is 21.6. The number of hydrogen-bond donors (Lipinski definition) is 2. The number of benzene rings is 1. The van der Waals surface area contributed by atoms with E-state index in [4.69, 9.17) is 4.74 Å². The van der Waals surface area contributed by atoms with Crippen molar-refractivity contribution in [3.8, 4) is 5.75 Å². The van der Waals surface area contributed by atoms with E-state index in [-0.39, 0.29) is 11.6 Å². The summed E-state index contributed by atoms with van der Waals surface area (Å²) in [5.74, 6) is 1.79. The first kappa shape index (κ1) is 19.5. The molecule has 1 aliphatic heterocycles. The van der Waals surface area contributed by atoms with Crippen LogP contribution in [0.4, 0.5) is 0 Å². The van der Waals surface area contributed by atoms with Gasteiger partial charge in [0.05, 0.1) is 24.8 Å². The number of rotatable bonds is 6. The van der Waals surface area contributed by atoms with Gasteiger partial charge in [-0.3, -0.25) is 0 Å². The maximum atomic E-state index is 5.69. The lowest BCUT2D eigenvalue weighted by Gasteiger charge is -2.35. The number of quaternary nitrogens is 2. The zero-order valence-corrected chi connectivity index (χ0v) is 16.9. The Morgan fingerprint density at radius 1 is 1.22 bits per heavy atom. The van der Waals surface area contributed by atoms with Gasteiger partial charge in [-0.25, -0.2) is 4.68 Å². The van der Waals surface area contributed by atoms with E-state index < -0.39 is 0 Å². The molecule has 7 heteroatoms. The van der Waals surface area contributed by atoms with Crippen molar-refractivity contribution in [3.63, 3.8) is 0 Å². The van der Waals surface area contributed by atoms with Crippen LogP contribution in [0.1, 0.15) is 38.2 Å². The molecular weight excluding hydrogens is 340 g/mol. The Labute approximate surface area is 161 Å². The first-order valence-electron chi connectivity index (χ1n) is 9.66. The topological polar surface area (TPSA) is 61.7 Å². The lowest BCUT2D eigenvalue weighted by molar-refractivity contribution is -1.02. The fourth-order valence-corrected chi connectivity index (χ4v) is 3.92. The number of piperazine rings is 1. The number of nitrogens with zero attached hydrogens (tertiary/aromatic N) is 4. The van der Waals surface area contributed by atoms with E-state index in [2.05, 4.69) is 55.0 Å². The summed E-state index contributed by atoms with van der Waals surface area (Å²) in [4.78, 5) is 3.07. The minimum Gasteiger partial charge on any atom is -0.496 e. The number of aromatic nitrogens is 4. The summed E-state index contributed by atoms with van der Waals surface area (Å²) in [6.07, 6.45) is 2.01. The average molecular weight is 373 g/mol. The van der Waals surface area contributed by atoms with Crippen LogP contribution >= 0.6 is 0 Å². The van der Waals surface area contributed by atoms with E-state index in [0.29, 0.717) is 0 Å². The van der Waals surface area contributed by atoms with E-state index in [0.717, 1.165) is 49.9 Å². The van der Waals surface area contributed by atoms with Crippen molar-refractivity contribution in [3.05, 3.63) is 48.3 Å². The molecule has 2 heterocycles. The second-order valence-corrected chi connectivity index (χ2v) is 8.20. The molecule has 1 aromatic heterocycles. The summed E-state index contributed by atoms with van der Waals surface area (Å²) in [5, 5.41) is 12.8. The monoisotopic (exact) mass is 372 g/mol. The predicted molar refractivity (Wildman–Crippen MR) is 104 cm³/mol. The quantitative estimate of drug-likeness (QED) is 0.671. The minimum absolute atomic E-state index is 0.0423. The highest BCUT2D eigenvalue weighted by Crippen LogP contribution is 2.28. The van der Waals surface area contributed by atoms with Crippen LogP contribution < -0.4 is 14.5 Å². The Bertz CT molecular complexity index is 758. The minimum atomic E-state index is -0.186. The molecule has 146 valence electrons. The van der Waals surface area contributed by atoms with E-state index in [1.807, 2.05) is 22.9 Å². The number of hydrogen-bond acceptors (Lipinski definition) is 4. The third-order valence-electron chi connectivity index (χ3n) is 5.28. The second kappa shape index (κ2) is 8.19. The summed E-state index contributed by atoms with van der Waals surface area (Å²) in [6.45, 7) is 15.6. The molecule has 3 rings (SSSR count). The third kappa shape index (κ3) is 4.20. The number of para-hydroxylation sites is 1. The maximum absolute atomic E-state index is 5.69. The van der Waals surface area contributed by atoms with Crippen molar-refractivity contribution in [2.24, 2.45) is 0 Å². The van der Waals surface area contributed by atoms with Crippen LogP contribution in [0.25, 0.3) is 0 Å². The Kier molecular flexibility index (Phi) is 5.92. The molecule has 0 aliphatic carbocycles. The summed E-state index contributed by atoms with van der Waals surface area (Å²) in [7, 11) is 1.73. The molecule has 1 aromatic carbocycles.